The van der Waals surface area contributed by atoms with Crippen molar-refractivity contribution in [2.24, 2.45) is 0 Å². The smallest absolute Gasteiger partial charge is 0.331 e. The molecule has 6 heteroatoms. The Morgan fingerprint density at radius 2 is 1.63 bits per heavy atom. The van der Waals surface area contributed by atoms with Crippen molar-refractivity contribution in [2.45, 2.75) is 0 Å². The van der Waals surface area contributed by atoms with Crippen molar-refractivity contribution >= 4 is 29.4 Å². The van der Waals surface area contributed by atoms with Crippen molar-refractivity contribution in [1.82, 2.24) is 0 Å². The minimum atomic E-state index is -0.747. The number of carbonyl (C=O) groups excluding carboxylic acids is 3. The van der Waals surface area contributed by atoms with E-state index >= 15 is 0 Å². The molecule has 3 aromatic rings. The molecule has 3 aromatic carbocycles. The predicted octanol–water partition coefficient (Wildman–Crippen LogP) is 4.25. The molecule has 1 N–H and O–H groups in total. The molecule has 0 aromatic heterocycles. The number of amides is 1. The number of halogens is 1. The maximum Gasteiger partial charge on any atom is 0.331 e. The van der Waals surface area contributed by atoms with Crippen molar-refractivity contribution in [3.8, 4) is 0 Å². The van der Waals surface area contributed by atoms with E-state index in [0.717, 1.165) is 6.08 Å². The Kier molecular flexibility index (Phi) is 6.84. The summed E-state index contributed by atoms with van der Waals surface area (Å²) < 4.78 is 18.0. The number of ether oxygens (including phenoxy) is 1. The van der Waals surface area contributed by atoms with Crippen molar-refractivity contribution in [2.75, 3.05) is 11.9 Å². The largest absolute Gasteiger partial charge is 0.452 e. The molecule has 5 nitrogen and oxygen atoms in total. The van der Waals surface area contributed by atoms with Crippen LogP contribution in [-0.4, -0.2) is 24.3 Å². The van der Waals surface area contributed by atoms with Gasteiger partial charge in [0.2, 0.25) is 0 Å². The molecule has 0 atom stereocenters. The first-order chi connectivity index (χ1) is 14.5. The molecule has 0 heterocycles. The Balaban J connectivity index is 1.59. The van der Waals surface area contributed by atoms with Gasteiger partial charge in [-0.05, 0) is 35.9 Å². The molecule has 0 radical (unpaired) electrons. The number of hydrogen-bond acceptors (Lipinski definition) is 4. The zero-order valence-corrected chi connectivity index (χ0v) is 15.9. The van der Waals surface area contributed by atoms with Crippen LogP contribution in [0.5, 0.6) is 0 Å². The van der Waals surface area contributed by atoms with Gasteiger partial charge in [0.1, 0.15) is 5.82 Å². The second kappa shape index (κ2) is 9.93. The van der Waals surface area contributed by atoms with Gasteiger partial charge in [-0.15, -0.1) is 0 Å². The molecule has 30 heavy (non-hydrogen) atoms. The van der Waals surface area contributed by atoms with Gasteiger partial charge in [0.25, 0.3) is 5.91 Å². The number of rotatable bonds is 7. The third-order valence-electron chi connectivity index (χ3n) is 4.09. The average Bonchev–Trinajstić information content (AvgIpc) is 2.77. The number of ketones is 1. The molecule has 0 fully saturated rings. The molecule has 0 aliphatic rings. The minimum Gasteiger partial charge on any atom is -0.452 e. The van der Waals surface area contributed by atoms with E-state index in [1.165, 1.54) is 24.3 Å². The Morgan fingerprint density at radius 1 is 0.900 bits per heavy atom. The maximum absolute atomic E-state index is 13.1. The van der Waals surface area contributed by atoms with Crippen molar-refractivity contribution in [1.29, 1.82) is 0 Å². The number of benzene rings is 3. The van der Waals surface area contributed by atoms with E-state index in [2.05, 4.69) is 5.32 Å². The summed E-state index contributed by atoms with van der Waals surface area (Å²) in [6.07, 6.45) is 2.49. The summed E-state index contributed by atoms with van der Waals surface area (Å²) in [4.78, 5) is 36.6. The molecule has 3 rings (SSSR count). The molecule has 150 valence electrons. The number of carbonyl (C=O) groups is 3. The van der Waals surface area contributed by atoms with E-state index in [0.29, 0.717) is 22.4 Å². The molecule has 0 unspecified atom stereocenters. The van der Waals surface area contributed by atoms with Crippen molar-refractivity contribution < 1.29 is 23.5 Å². The van der Waals surface area contributed by atoms with Crippen LogP contribution >= 0.6 is 0 Å². The third kappa shape index (κ3) is 5.72. The van der Waals surface area contributed by atoms with E-state index in [9.17, 15) is 18.8 Å². The van der Waals surface area contributed by atoms with Crippen LogP contribution in [0.1, 0.15) is 21.5 Å². The Morgan fingerprint density at radius 3 is 2.40 bits per heavy atom. The molecular formula is C24H18FNO4. The van der Waals surface area contributed by atoms with E-state index in [-0.39, 0.29) is 5.78 Å². The van der Waals surface area contributed by atoms with Gasteiger partial charge >= 0.3 is 5.97 Å². The summed E-state index contributed by atoms with van der Waals surface area (Å²) in [6, 6.07) is 21.0. The van der Waals surface area contributed by atoms with Gasteiger partial charge in [0.15, 0.2) is 12.4 Å². The molecule has 0 saturated carbocycles. The zero-order valence-electron chi connectivity index (χ0n) is 15.9. The summed E-state index contributed by atoms with van der Waals surface area (Å²) in [7, 11) is 0. The molecule has 0 spiro atoms. The molecule has 0 aliphatic heterocycles. The first-order valence-corrected chi connectivity index (χ1v) is 9.12. The van der Waals surface area contributed by atoms with E-state index in [1.807, 2.05) is 6.07 Å². The van der Waals surface area contributed by atoms with E-state index in [1.54, 1.807) is 54.6 Å². The molecule has 0 bridgehead atoms. The molecule has 0 saturated heterocycles. The second-order valence-corrected chi connectivity index (χ2v) is 6.28. The standard InChI is InChI=1S/C24H18FNO4/c25-19-10-6-7-17(15-19)13-14-23(28)30-16-22(27)26-21-12-5-4-11-20(21)24(29)18-8-2-1-3-9-18/h1-15H,16H2,(H,26,27)/b14-13+. The Hall–Kier alpha value is -4.06. The SMILES string of the molecule is O=C(COC(=O)/C=C/c1cccc(F)c1)Nc1ccccc1C(=O)c1ccccc1. The lowest BCUT2D eigenvalue weighted by Gasteiger charge is -2.10. The fourth-order valence-electron chi connectivity index (χ4n) is 2.68. The summed E-state index contributed by atoms with van der Waals surface area (Å²) in [6.45, 7) is -0.528. The number of esters is 1. The fourth-order valence-corrected chi connectivity index (χ4v) is 2.68. The van der Waals surface area contributed by atoms with Crippen molar-refractivity contribution in [3.05, 3.63) is 107 Å². The summed E-state index contributed by atoms with van der Waals surface area (Å²) >= 11 is 0. The highest BCUT2D eigenvalue weighted by Crippen LogP contribution is 2.19. The first kappa shape index (κ1) is 20.7. The highest BCUT2D eigenvalue weighted by Gasteiger charge is 2.15. The van der Waals surface area contributed by atoms with Gasteiger partial charge < -0.3 is 10.1 Å². The monoisotopic (exact) mass is 403 g/mol. The van der Waals surface area contributed by atoms with Crippen LogP contribution in [0, 0.1) is 5.82 Å². The van der Waals surface area contributed by atoms with E-state index in [4.69, 9.17) is 4.74 Å². The molecule has 1 amide bonds. The lowest BCUT2D eigenvalue weighted by Crippen LogP contribution is -2.21. The Bertz CT molecular complexity index is 1090. The van der Waals surface area contributed by atoms with Gasteiger partial charge in [0, 0.05) is 17.2 Å². The second-order valence-electron chi connectivity index (χ2n) is 6.28. The summed E-state index contributed by atoms with van der Waals surface area (Å²) in [5.74, 6) is -1.99. The minimum absolute atomic E-state index is 0.235. The van der Waals surface area contributed by atoms with Crippen LogP contribution in [0.2, 0.25) is 0 Å². The van der Waals surface area contributed by atoms with Gasteiger partial charge in [-0.3, -0.25) is 9.59 Å². The summed E-state index contributed by atoms with van der Waals surface area (Å²) in [5, 5.41) is 2.59. The van der Waals surface area contributed by atoms with Gasteiger partial charge in [-0.2, -0.15) is 0 Å². The molecule has 0 aliphatic carbocycles. The normalized spacial score (nSPS) is 10.6. The summed E-state index contributed by atoms with van der Waals surface area (Å²) in [5.41, 5.74) is 1.63. The number of anilines is 1. The van der Waals surface area contributed by atoms with Crippen LogP contribution < -0.4 is 5.32 Å². The number of nitrogens with one attached hydrogen (secondary N) is 1. The first-order valence-electron chi connectivity index (χ1n) is 9.12. The average molecular weight is 403 g/mol. The van der Waals surface area contributed by atoms with Crippen LogP contribution in [0.3, 0.4) is 0 Å². The van der Waals surface area contributed by atoms with Gasteiger partial charge in [-0.25, -0.2) is 9.18 Å². The Labute approximate surface area is 172 Å². The van der Waals surface area contributed by atoms with Crippen LogP contribution in [0.15, 0.2) is 84.9 Å². The maximum atomic E-state index is 13.1. The van der Waals surface area contributed by atoms with E-state index < -0.39 is 24.3 Å². The lowest BCUT2D eigenvalue weighted by atomic mass is 10.0. The molecular weight excluding hydrogens is 385 g/mol. The quantitative estimate of drug-likeness (QED) is 0.364. The highest BCUT2D eigenvalue weighted by atomic mass is 19.1. The third-order valence-corrected chi connectivity index (χ3v) is 4.09. The topological polar surface area (TPSA) is 72.5 Å². The van der Waals surface area contributed by atoms with Crippen molar-refractivity contribution in [3.63, 3.8) is 0 Å². The number of hydrogen-bond donors (Lipinski definition) is 1. The van der Waals surface area contributed by atoms with Gasteiger partial charge in [-0.1, -0.05) is 54.6 Å². The van der Waals surface area contributed by atoms with Gasteiger partial charge in [0.05, 0.1) is 5.69 Å². The number of para-hydroxylation sites is 1. The predicted molar refractivity (Wildman–Crippen MR) is 111 cm³/mol. The van der Waals surface area contributed by atoms with Crippen LogP contribution in [-0.2, 0) is 14.3 Å². The zero-order chi connectivity index (χ0) is 21.3. The van der Waals surface area contributed by atoms with Crippen LogP contribution in [0.25, 0.3) is 6.08 Å². The van der Waals surface area contributed by atoms with Crippen LogP contribution in [0.4, 0.5) is 10.1 Å². The lowest BCUT2D eigenvalue weighted by molar-refractivity contribution is -0.142. The highest BCUT2D eigenvalue weighted by molar-refractivity contribution is 6.13. The fraction of sp³-hybridized carbons (Fsp3) is 0.0417.